The molecule has 5 amide bonds. The Morgan fingerprint density at radius 2 is 1.80 bits per heavy atom. The maximum Gasteiger partial charge on any atom is 0.355 e. The van der Waals surface area contributed by atoms with Crippen molar-refractivity contribution in [1.82, 2.24) is 25.2 Å². The number of nitrogens with one attached hydrogen (secondary N) is 2. The van der Waals surface area contributed by atoms with Gasteiger partial charge < -0.3 is 19.5 Å². The number of carbonyl (C=O) groups is 5. The molecule has 17 heteroatoms. The van der Waals surface area contributed by atoms with Crippen LogP contribution in [0.5, 0.6) is 5.75 Å². The maximum atomic E-state index is 16.5. The summed E-state index contributed by atoms with van der Waals surface area (Å²) in [5, 5.41) is 6.02. The Morgan fingerprint density at radius 3 is 2.53 bits per heavy atom. The summed E-state index contributed by atoms with van der Waals surface area (Å²) >= 11 is 1.16. The van der Waals surface area contributed by atoms with E-state index in [1.165, 1.54) is 36.1 Å². The van der Waals surface area contributed by atoms with Crippen molar-refractivity contribution < 1.29 is 42.2 Å². The molecule has 1 spiro atoms. The molecule has 1 aliphatic carbocycles. The summed E-state index contributed by atoms with van der Waals surface area (Å²) in [6.45, 7) is 3.79. The largest absolute Gasteiger partial charge is 0.465 e. The number of aromatic nitrogens is 1. The summed E-state index contributed by atoms with van der Waals surface area (Å²) in [4.78, 5) is 78.2. The highest BCUT2D eigenvalue weighted by atomic mass is 32.1. The molecule has 3 saturated heterocycles. The molecule has 316 valence electrons. The number of pyridine rings is 1. The number of thiophene rings is 1. The summed E-state index contributed by atoms with van der Waals surface area (Å²) < 4.78 is 42.5. The van der Waals surface area contributed by atoms with Crippen LogP contribution in [0.4, 0.5) is 14.9 Å². The molecule has 3 aliphatic heterocycles. The summed E-state index contributed by atoms with van der Waals surface area (Å²) in [7, 11) is -4.46. The summed E-state index contributed by atoms with van der Waals surface area (Å²) in [6.07, 6.45) is 8.87. The van der Waals surface area contributed by atoms with E-state index in [0.29, 0.717) is 67.3 Å². The van der Waals surface area contributed by atoms with E-state index in [1.54, 1.807) is 64.7 Å². The lowest BCUT2D eigenvalue weighted by Gasteiger charge is -2.36. The second-order valence-electron chi connectivity index (χ2n) is 16.0. The quantitative estimate of drug-likeness (QED) is 0.102. The van der Waals surface area contributed by atoms with Gasteiger partial charge in [0.1, 0.15) is 23.9 Å². The van der Waals surface area contributed by atoms with E-state index >= 15 is 4.39 Å². The number of nitrogens with zero attached hydrogens (tertiary/aromatic N) is 4. The average Bonchev–Trinajstić information content (AvgIpc) is 3.55. The molecule has 5 heterocycles. The Labute approximate surface area is 351 Å². The van der Waals surface area contributed by atoms with Crippen LogP contribution in [0.2, 0.25) is 0 Å². The number of benzene rings is 2. The van der Waals surface area contributed by atoms with Gasteiger partial charge in [-0.1, -0.05) is 44.0 Å². The molecule has 4 aromatic rings. The zero-order valence-electron chi connectivity index (χ0n) is 33.5. The van der Waals surface area contributed by atoms with Gasteiger partial charge in [0.15, 0.2) is 0 Å². The third-order valence-electron chi connectivity index (χ3n) is 11.8. The Hall–Kier alpha value is -5.18. The zero-order valence-corrected chi connectivity index (χ0v) is 35.2. The topological polar surface area (TPSA) is 168 Å². The molecule has 0 radical (unpaired) electrons. The number of imide groups is 1. The van der Waals surface area contributed by atoms with Crippen LogP contribution in [-0.2, 0) is 23.7 Å². The van der Waals surface area contributed by atoms with Gasteiger partial charge in [0.05, 0.1) is 35.5 Å². The lowest BCUT2D eigenvalue weighted by molar-refractivity contribution is -0.146. The van der Waals surface area contributed by atoms with Crippen molar-refractivity contribution >= 4 is 64.4 Å². The first-order valence-corrected chi connectivity index (χ1v) is 23.1. The van der Waals surface area contributed by atoms with Crippen LogP contribution >= 0.6 is 18.9 Å². The van der Waals surface area contributed by atoms with Gasteiger partial charge in [0, 0.05) is 16.9 Å². The second kappa shape index (κ2) is 17.1. The molecular weight excluding hydrogens is 811 g/mol. The number of esters is 1. The highest BCUT2D eigenvalue weighted by molar-refractivity contribution is 7.57. The van der Waals surface area contributed by atoms with Crippen LogP contribution in [0, 0.1) is 0 Å². The van der Waals surface area contributed by atoms with Crippen molar-refractivity contribution in [3.05, 3.63) is 89.6 Å². The van der Waals surface area contributed by atoms with Gasteiger partial charge >= 0.3 is 19.5 Å². The highest BCUT2D eigenvalue weighted by Gasteiger charge is 2.62. The number of ether oxygens (including phenoxy) is 1. The third-order valence-corrected chi connectivity index (χ3v) is 15.0. The van der Waals surface area contributed by atoms with Crippen molar-refractivity contribution in [1.29, 1.82) is 0 Å². The van der Waals surface area contributed by atoms with Crippen LogP contribution in [0.15, 0.2) is 79.1 Å². The Morgan fingerprint density at radius 1 is 1.02 bits per heavy atom. The normalized spacial score (nSPS) is 23.1. The monoisotopic (exact) mass is 858 g/mol. The van der Waals surface area contributed by atoms with Crippen LogP contribution in [0.1, 0.15) is 92.8 Å². The van der Waals surface area contributed by atoms with Crippen LogP contribution < -0.4 is 19.8 Å². The first-order valence-electron chi connectivity index (χ1n) is 20.6. The van der Waals surface area contributed by atoms with Gasteiger partial charge in [-0.05, 0) is 105 Å². The van der Waals surface area contributed by atoms with Gasteiger partial charge in [-0.3, -0.25) is 38.5 Å². The number of rotatable bonds is 13. The van der Waals surface area contributed by atoms with E-state index < -0.39 is 55.0 Å². The lowest BCUT2D eigenvalue weighted by atomic mass is 9.99. The standard InChI is InChI=1S/C43H48FN6O8PS/c1-3-22-57-41(54)27(2)47-59(56,58-32-12-5-4-6-13-32)37(44)28-15-18-35-29(23-28)24-36(60-35)38(51)46-33-14-8-7-10-30-16-17-34(49(30)39(33)52)40(53)50-42(55)48(26-43(50)19-20-43)31-11-9-21-45-25-31/h4-6,9,11-13,15,18,21,23-25,27,30,33-34,37H,3,7-8,10,14,16-17,19-20,22,26H2,1-2H3,(H,46,51)(H,47,56)/t27-,30-,33?,34-,37?,59?/m0/s1. The molecule has 2 aromatic carbocycles. The van der Waals surface area contributed by atoms with Crippen LogP contribution in [0.3, 0.4) is 0 Å². The smallest absolute Gasteiger partial charge is 0.355 e. The maximum absolute atomic E-state index is 16.5. The number of urea groups is 1. The number of alkyl halides is 1. The van der Waals surface area contributed by atoms with Crippen LogP contribution in [0.25, 0.3) is 10.1 Å². The minimum absolute atomic E-state index is 0.00662. The van der Waals surface area contributed by atoms with Crippen LogP contribution in [-0.4, -0.2) is 87.4 Å². The van der Waals surface area contributed by atoms with Gasteiger partial charge in [-0.25, -0.2) is 14.3 Å². The van der Waals surface area contributed by atoms with E-state index in [1.807, 2.05) is 6.92 Å². The minimum atomic E-state index is -4.46. The molecule has 2 N–H and O–H groups in total. The summed E-state index contributed by atoms with van der Waals surface area (Å²) in [5.74, 6) is -3.98. The number of halogens is 1. The third kappa shape index (κ3) is 8.16. The molecule has 0 bridgehead atoms. The number of amides is 5. The molecular formula is C43H48FN6O8PS. The number of fused-ring (bicyclic) bond motifs is 2. The first-order chi connectivity index (χ1) is 28.9. The fraction of sp³-hybridized carbons (Fsp3) is 0.442. The van der Waals surface area contributed by atoms with E-state index in [4.69, 9.17) is 9.26 Å². The Bertz CT molecular complexity index is 2330. The molecule has 14 nitrogen and oxygen atoms in total. The van der Waals surface area contributed by atoms with Gasteiger partial charge in [-0.2, -0.15) is 0 Å². The molecule has 1 saturated carbocycles. The zero-order chi connectivity index (χ0) is 42.2. The van der Waals surface area contributed by atoms with E-state index in [-0.39, 0.29) is 40.7 Å². The van der Waals surface area contributed by atoms with Gasteiger partial charge in [0.25, 0.3) is 11.8 Å². The average molecular weight is 859 g/mol. The first kappa shape index (κ1) is 41.5. The van der Waals surface area contributed by atoms with Crippen molar-refractivity contribution in [2.24, 2.45) is 0 Å². The fourth-order valence-corrected chi connectivity index (χ4v) is 11.4. The number of anilines is 1. The number of carbonyl (C=O) groups excluding carboxylic acids is 5. The predicted octanol–water partition coefficient (Wildman–Crippen LogP) is 7.50. The Kier molecular flexibility index (Phi) is 11.8. The summed E-state index contributed by atoms with van der Waals surface area (Å²) in [5.41, 5.74) is 0.0195. The number of hydrogen-bond donors (Lipinski definition) is 2. The molecule has 60 heavy (non-hydrogen) atoms. The molecule has 3 unspecified atom stereocenters. The van der Waals surface area contributed by atoms with Gasteiger partial charge in [-0.15, -0.1) is 11.3 Å². The number of hydrogen-bond acceptors (Lipinski definition) is 10. The molecule has 2 aromatic heterocycles. The number of para-hydroxylation sites is 1. The Balaban J connectivity index is 0.990. The fourth-order valence-electron chi connectivity index (χ4n) is 8.56. The van der Waals surface area contributed by atoms with Crippen molar-refractivity contribution in [2.75, 3.05) is 18.1 Å². The molecule has 8 rings (SSSR count). The molecule has 6 atom stereocenters. The van der Waals surface area contributed by atoms with E-state index in [0.717, 1.165) is 24.2 Å². The summed E-state index contributed by atoms with van der Waals surface area (Å²) in [6, 6.07) is 14.3. The SMILES string of the molecule is CCCOC(=O)[C@H](C)NP(=O)(Oc1ccccc1)C(F)c1ccc2sc(C(=O)NC3CCCC[C@H]4CC[C@@H](C(=O)N5C(=O)N(c6cccnc6)CC56CC6)N4C3=O)cc2c1. The van der Waals surface area contributed by atoms with Crippen molar-refractivity contribution in [2.45, 2.75) is 107 Å². The van der Waals surface area contributed by atoms with E-state index in [2.05, 4.69) is 15.4 Å². The highest BCUT2D eigenvalue weighted by Crippen LogP contribution is 2.58. The lowest BCUT2D eigenvalue weighted by Crippen LogP contribution is -2.58. The minimum Gasteiger partial charge on any atom is -0.465 e. The predicted molar refractivity (Wildman–Crippen MR) is 223 cm³/mol. The van der Waals surface area contributed by atoms with E-state index in [9.17, 15) is 28.5 Å². The van der Waals surface area contributed by atoms with Crippen molar-refractivity contribution in [3.8, 4) is 5.75 Å². The molecule has 4 fully saturated rings. The second-order valence-corrected chi connectivity index (χ2v) is 19.2. The molecule has 4 aliphatic rings. The van der Waals surface area contributed by atoms with Gasteiger partial charge in [0.2, 0.25) is 11.8 Å². The van der Waals surface area contributed by atoms with Crippen molar-refractivity contribution in [3.63, 3.8) is 0 Å².